The molecule has 0 N–H and O–H groups in total. The van der Waals surface area contributed by atoms with Crippen molar-refractivity contribution < 1.29 is 14.3 Å². The molecule has 1 aliphatic carbocycles. The molecule has 0 radical (unpaired) electrons. The van der Waals surface area contributed by atoms with Crippen molar-refractivity contribution in [2.24, 2.45) is 16.2 Å². The third-order valence-corrected chi connectivity index (χ3v) is 4.19. The van der Waals surface area contributed by atoms with Crippen molar-refractivity contribution in [1.29, 1.82) is 0 Å². The van der Waals surface area contributed by atoms with Gasteiger partial charge in [0.2, 0.25) is 0 Å². The van der Waals surface area contributed by atoms with Crippen LogP contribution in [0.1, 0.15) is 54.4 Å². The highest BCUT2D eigenvalue weighted by atomic mass is 16.5. The number of rotatable bonds is 4. The van der Waals surface area contributed by atoms with E-state index in [1.54, 1.807) is 6.08 Å². The van der Waals surface area contributed by atoms with Crippen molar-refractivity contribution in [2.45, 2.75) is 54.4 Å². The topological polar surface area (TPSA) is 43.4 Å². The highest BCUT2D eigenvalue weighted by molar-refractivity contribution is 6.11. The van der Waals surface area contributed by atoms with E-state index in [9.17, 15) is 9.59 Å². The second-order valence-corrected chi connectivity index (χ2v) is 8.42. The first-order valence-electron chi connectivity index (χ1n) is 8.05. The number of allylic oxidation sites excluding steroid dienone is 5. The van der Waals surface area contributed by atoms with Gasteiger partial charge in [-0.15, -0.1) is 6.58 Å². The Morgan fingerprint density at radius 1 is 1.13 bits per heavy atom. The molecule has 0 saturated heterocycles. The van der Waals surface area contributed by atoms with Crippen LogP contribution in [0.15, 0.2) is 36.0 Å². The fourth-order valence-corrected chi connectivity index (χ4v) is 2.91. The summed E-state index contributed by atoms with van der Waals surface area (Å²) >= 11 is 0. The zero-order valence-electron chi connectivity index (χ0n) is 15.6. The van der Waals surface area contributed by atoms with Crippen LogP contribution in [0.5, 0.6) is 0 Å². The molecule has 1 aliphatic rings. The average Bonchev–Trinajstić information content (AvgIpc) is 2.39. The van der Waals surface area contributed by atoms with Gasteiger partial charge >= 0.3 is 5.97 Å². The zero-order valence-corrected chi connectivity index (χ0v) is 15.6. The van der Waals surface area contributed by atoms with Gasteiger partial charge in [-0.3, -0.25) is 9.59 Å². The maximum absolute atomic E-state index is 13.0. The highest BCUT2D eigenvalue weighted by Crippen LogP contribution is 2.46. The monoisotopic (exact) mass is 318 g/mol. The van der Waals surface area contributed by atoms with E-state index in [0.717, 1.165) is 11.1 Å². The summed E-state index contributed by atoms with van der Waals surface area (Å²) < 4.78 is 4.88. The summed E-state index contributed by atoms with van der Waals surface area (Å²) in [7, 11) is 1.39. The Kier molecular flexibility index (Phi) is 5.45. The smallest absolute Gasteiger partial charge is 0.306 e. The van der Waals surface area contributed by atoms with Gasteiger partial charge in [-0.25, -0.2) is 0 Å². The molecule has 0 aromatic carbocycles. The number of carbonyl (C=O) groups is 2. The van der Waals surface area contributed by atoms with E-state index in [4.69, 9.17) is 4.74 Å². The van der Waals surface area contributed by atoms with E-state index in [1.807, 2.05) is 53.7 Å². The number of carbonyl (C=O) groups excluding carboxylic acids is 2. The number of Topliss-reactive ketones (excluding diaryl/α,β-unsaturated/α-hetero) is 1. The summed E-state index contributed by atoms with van der Waals surface area (Å²) in [6.45, 7) is 16.0. The largest absolute Gasteiger partial charge is 0.469 e. The van der Waals surface area contributed by atoms with Gasteiger partial charge in [-0.05, 0) is 17.3 Å². The van der Waals surface area contributed by atoms with Crippen LogP contribution in [-0.2, 0) is 14.3 Å². The zero-order chi connectivity index (χ0) is 18.1. The summed E-state index contributed by atoms with van der Waals surface area (Å²) in [6.07, 6.45) is 6.52. The normalized spacial score (nSPS) is 18.1. The van der Waals surface area contributed by atoms with Crippen molar-refractivity contribution >= 4 is 11.8 Å². The average molecular weight is 318 g/mol. The second kappa shape index (κ2) is 6.46. The third kappa shape index (κ3) is 4.43. The lowest BCUT2D eigenvalue weighted by atomic mass is 9.64. The predicted molar refractivity (Wildman–Crippen MR) is 94.0 cm³/mol. The highest BCUT2D eigenvalue weighted by Gasteiger charge is 2.41. The number of hydrogen-bond acceptors (Lipinski definition) is 3. The Morgan fingerprint density at radius 3 is 1.87 bits per heavy atom. The van der Waals surface area contributed by atoms with Crippen LogP contribution < -0.4 is 0 Å². The standard InChI is InChI=1S/C20H30O3/c1-9-10-20(13-16(21)23-8)11-14(18(2,3)4)17(22)15(12-20)19(5,6)7/h9,11-12H,1,10,13H2,2-8H3. The molecule has 0 aromatic rings. The Bertz CT molecular complexity index is 529. The number of ketones is 1. The van der Waals surface area contributed by atoms with Crippen LogP contribution in [0, 0.1) is 16.2 Å². The first-order chi connectivity index (χ1) is 10.4. The molecule has 128 valence electrons. The Balaban J connectivity index is 3.58. The van der Waals surface area contributed by atoms with Crippen LogP contribution >= 0.6 is 0 Å². The van der Waals surface area contributed by atoms with Crippen molar-refractivity contribution in [3.05, 3.63) is 36.0 Å². The van der Waals surface area contributed by atoms with E-state index in [2.05, 4.69) is 6.58 Å². The molecule has 0 unspecified atom stereocenters. The molecule has 0 bridgehead atoms. The SMILES string of the molecule is C=CCC1(CC(=O)OC)C=C(C(C)(C)C)C(=O)C(C(C)(C)C)=C1. The van der Waals surface area contributed by atoms with Crippen LogP contribution in [0.4, 0.5) is 0 Å². The first-order valence-corrected chi connectivity index (χ1v) is 8.05. The van der Waals surface area contributed by atoms with Gasteiger partial charge in [0.15, 0.2) is 5.78 Å². The molecule has 0 spiro atoms. The van der Waals surface area contributed by atoms with Crippen LogP contribution in [0.25, 0.3) is 0 Å². The molecule has 0 aromatic heterocycles. The molecule has 0 atom stereocenters. The van der Waals surface area contributed by atoms with Crippen molar-refractivity contribution in [3.8, 4) is 0 Å². The van der Waals surface area contributed by atoms with Crippen molar-refractivity contribution in [2.75, 3.05) is 7.11 Å². The summed E-state index contributed by atoms with van der Waals surface area (Å²) in [6, 6.07) is 0. The van der Waals surface area contributed by atoms with E-state index in [-0.39, 0.29) is 29.0 Å². The van der Waals surface area contributed by atoms with Gasteiger partial charge < -0.3 is 4.74 Å². The first kappa shape index (κ1) is 19.4. The Labute approximate surface area is 140 Å². The number of esters is 1. The van der Waals surface area contributed by atoms with Crippen molar-refractivity contribution in [3.63, 3.8) is 0 Å². The van der Waals surface area contributed by atoms with Gasteiger partial charge in [0, 0.05) is 16.6 Å². The van der Waals surface area contributed by atoms with E-state index >= 15 is 0 Å². The molecule has 3 nitrogen and oxygen atoms in total. The molecule has 3 heteroatoms. The van der Waals surface area contributed by atoms with Crippen LogP contribution in [0.2, 0.25) is 0 Å². The number of methoxy groups -OCH3 is 1. The van der Waals surface area contributed by atoms with Gasteiger partial charge in [0.1, 0.15) is 0 Å². The molecule has 23 heavy (non-hydrogen) atoms. The van der Waals surface area contributed by atoms with Gasteiger partial charge in [0.25, 0.3) is 0 Å². The Morgan fingerprint density at radius 2 is 1.57 bits per heavy atom. The van der Waals surface area contributed by atoms with Crippen LogP contribution in [0.3, 0.4) is 0 Å². The van der Waals surface area contributed by atoms with Gasteiger partial charge in [-0.2, -0.15) is 0 Å². The van der Waals surface area contributed by atoms with Crippen molar-refractivity contribution in [1.82, 2.24) is 0 Å². The second-order valence-electron chi connectivity index (χ2n) is 8.42. The van der Waals surface area contributed by atoms with Gasteiger partial charge in [-0.1, -0.05) is 59.8 Å². The molecule has 0 aliphatic heterocycles. The molecule has 0 fully saturated rings. The molecular formula is C20H30O3. The molecular weight excluding hydrogens is 288 g/mol. The fraction of sp³-hybridized carbons (Fsp3) is 0.600. The minimum absolute atomic E-state index is 0.0783. The van der Waals surface area contributed by atoms with E-state index < -0.39 is 5.41 Å². The number of hydrogen-bond donors (Lipinski definition) is 0. The van der Waals surface area contributed by atoms with E-state index in [0.29, 0.717) is 6.42 Å². The molecule has 0 amide bonds. The van der Waals surface area contributed by atoms with Gasteiger partial charge in [0.05, 0.1) is 13.5 Å². The third-order valence-electron chi connectivity index (χ3n) is 4.19. The lowest BCUT2D eigenvalue weighted by Crippen LogP contribution is -2.34. The minimum atomic E-state index is -0.548. The lowest BCUT2D eigenvalue weighted by molar-refractivity contribution is -0.142. The number of ether oxygens (including phenoxy) is 1. The quantitative estimate of drug-likeness (QED) is 0.560. The summed E-state index contributed by atoms with van der Waals surface area (Å²) in [5.41, 5.74) is 0.397. The summed E-state index contributed by atoms with van der Waals surface area (Å²) in [5.74, 6) is -0.204. The fourth-order valence-electron chi connectivity index (χ4n) is 2.91. The molecule has 0 heterocycles. The predicted octanol–water partition coefficient (Wildman–Crippen LogP) is 4.64. The maximum atomic E-state index is 13.0. The lowest BCUT2D eigenvalue weighted by Gasteiger charge is -2.38. The summed E-state index contributed by atoms with van der Waals surface area (Å²) in [5, 5.41) is 0. The maximum Gasteiger partial charge on any atom is 0.306 e. The molecule has 0 saturated carbocycles. The molecule has 1 rings (SSSR count). The Hall–Kier alpha value is -1.64. The minimum Gasteiger partial charge on any atom is -0.469 e. The van der Waals surface area contributed by atoms with E-state index in [1.165, 1.54) is 7.11 Å². The van der Waals surface area contributed by atoms with Crippen LogP contribution in [-0.4, -0.2) is 18.9 Å². The summed E-state index contributed by atoms with van der Waals surface area (Å²) in [4.78, 5) is 24.9.